The van der Waals surface area contributed by atoms with Crippen molar-refractivity contribution in [3.8, 4) is 28.0 Å². The second-order valence-corrected chi connectivity index (χ2v) is 12.3. The van der Waals surface area contributed by atoms with Gasteiger partial charge in [0, 0.05) is 5.56 Å². The fraction of sp³-hybridized carbons (Fsp3) is 0.0256. The van der Waals surface area contributed by atoms with Gasteiger partial charge in [0.25, 0.3) is 0 Å². The third-order valence-electron chi connectivity index (χ3n) is 7.75. The molecule has 7 aromatic carbocycles. The first kappa shape index (κ1) is 25.3. The Morgan fingerprint density at radius 2 is 0.927 bits per heavy atom. The van der Waals surface area contributed by atoms with E-state index in [0.717, 1.165) is 11.3 Å². The number of methoxy groups -OCH3 is 1. The molecule has 0 atom stereocenters. The van der Waals surface area contributed by atoms with E-state index in [9.17, 15) is 0 Å². The Morgan fingerprint density at radius 1 is 0.415 bits per heavy atom. The van der Waals surface area contributed by atoms with E-state index in [4.69, 9.17) is 4.74 Å². The summed E-state index contributed by atoms with van der Waals surface area (Å²) in [5.41, 5.74) is 4.81. The first-order valence-corrected chi connectivity index (χ1v) is 15.2. The lowest BCUT2D eigenvalue weighted by Gasteiger charge is -2.26. The molecule has 0 N–H and O–H groups in total. The Morgan fingerprint density at radius 3 is 1.56 bits per heavy atom. The number of rotatable bonds is 6. The Balaban J connectivity index is 1.66. The Bertz CT molecular complexity index is 1940. The highest BCUT2D eigenvalue weighted by Gasteiger charge is 2.25. The molecule has 0 saturated heterocycles. The standard InChI is InChI=1S/C39H29OP/c1-40-36-23-13-12-22-34(36)35-26-24-28-14-8-10-20-32(28)38(35)39-33-21-11-9-15-29(33)25-27-37(39)41(30-16-4-2-5-17-30)31-18-6-3-7-19-31/h2-27H,1H3. The van der Waals surface area contributed by atoms with Crippen molar-refractivity contribution in [2.75, 3.05) is 7.11 Å². The van der Waals surface area contributed by atoms with E-state index >= 15 is 0 Å². The summed E-state index contributed by atoms with van der Waals surface area (Å²) in [6.45, 7) is 0. The molecule has 0 aliphatic heterocycles. The fourth-order valence-corrected chi connectivity index (χ4v) is 8.40. The van der Waals surface area contributed by atoms with Crippen LogP contribution in [-0.4, -0.2) is 7.11 Å². The summed E-state index contributed by atoms with van der Waals surface area (Å²) in [7, 11) is 0.914. The Kier molecular flexibility index (Phi) is 6.81. The van der Waals surface area contributed by atoms with Crippen LogP contribution in [0.5, 0.6) is 5.75 Å². The van der Waals surface area contributed by atoms with Crippen LogP contribution in [0.1, 0.15) is 0 Å². The molecule has 7 aromatic rings. The molecule has 0 radical (unpaired) electrons. The van der Waals surface area contributed by atoms with Crippen molar-refractivity contribution in [3.63, 3.8) is 0 Å². The van der Waals surface area contributed by atoms with Crippen molar-refractivity contribution in [2.24, 2.45) is 0 Å². The van der Waals surface area contributed by atoms with Crippen molar-refractivity contribution >= 4 is 45.4 Å². The molecule has 41 heavy (non-hydrogen) atoms. The highest BCUT2D eigenvalue weighted by molar-refractivity contribution is 7.80. The molecule has 7 rings (SSSR count). The molecule has 0 aliphatic rings. The second-order valence-electron chi connectivity index (χ2n) is 10.1. The molecule has 0 aromatic heterocycles. The van der Waals surface area contributed by atoms with Crippen LogP contribution >= 0.6 is 7.92 Å². The topological polar surface area (TPSA) is 9.23 Å². The van der Waals surface area contributed by atoms with Gasteiger partial charge in [-0.3, -0.25) is 0 Å². The van der Waals surface area contributed by atoms with E-state index in [-0.39, 0.29) is 0 Å². The molecule has 0 aliphatic carbocycles. The monoisotopic (exact) mass is 544 g/mol. The van der Waals surface area contributed by atoms with E-state index in [1.807, 2.05) is 6.07 Å². The zero-order valence-electron chi connectivity index (χ0n) is 22.9. The summed E-state index contributed by atoms with van der Waals surface area (Å²) in [6.07, 6.45) is 0. The van der Waals surface area contributed by atoms with Crippen molar-refractivity contribution < 1.29 is 4.74 Å². The van der Waals surface area contributed by atoms with Crippen LogP contribution in [0.2, 0.25) is 0 Å². The van der Waals surface area contributed by atoms with Crippen LogP contribution in [0.15, 0.2) is 158 Å². The van der Waals surface area contributed by atoms with Crippen LogP contribution in [0.3, 0.4) is 0 Å². The molecule has 196 valence electrons. The summed E-state index contributed by atoms with van der Waals surface area (Å²) < 4.78 is 5.91. The van der Waals surface area contributed by atoms with Gasteiger partial charge in [-0.05, 0) is 68.1 Å². The number of para-hydroxylation sites is 1. The quantitative estimate of drug-likeness (QED) is 0.190. The molecule has 0 fully saturated rings. The maximum atomic E-state index is 5.91. The van der Waals surface area contributed by atoms with Gasteiger partial charge in [-0.1, -0.05) is 152 Å². The largest absolute Gasteiger partial charge is 0.496 e. The molecule has 0 spiro atoms. The lowest BCUT2D eigenvalue weighted by atomic mass is 9.87. The van der Waals surface area contributed by atoms with E-state index in [0.29, 0.717) is 0 Å². The lowest BCUT2D eigenvalue weighted by molar-refractivity contribution is 0.416. The van der Waals surface area contributed by atoms with Crippen molar-refractivity contribution in [1.29, 1.82) is 0 Å². The van der Waals surface area contributed by atoms with Gasteiger partial charge >= 0.3 is 0 Å². The summed E-state index contributed by atoms with van der Waals surface area (Å²) >= 11 is 0. The smallest absolute Gasteiger partial charge is 0.126 e. The average Bonchev–Trinajstić information content (AvgIpc) is 3.05. The zero-order valence-corrected chi connectivity index (χ0v) is 23.8. The molecule has 0 saturated carbocycles. The second kappa shape index (κ2) is 11.0. The minimum Gasteiger partial charge on any atom is -0.496 e. The van der Waals surface area contributed by atoms with Gasteiger partial charge in [0.2, 0.25) is 0 Å². The maximum Gasteiger partial charge on any atom is 0.126 e. The molecule has 0 heterocycles. The molecule has 0 unspecified atom stereocenters. The van der Waals surface area contributed by atoms with Crippen LogP contribution in [-0.2, 0) is 0 Å². The number of hydrogen-bond acceptors (Lipinski definition) is 1. The predicted molar refractivity (Wildman–Crippen MR) is 178 cm³/mol. The normalized spacial score (nSPS) is 11.3. The maximum absolute atomic E-state index is 5.91. The SMILES string of the molecule is COc1ccccc1-c1ccc2ccccc2c1-c1c(P(c2ccccc2)c2ccccc2)ccc2ccccc12. The Labute approximate surface area is 242 Å². The van der Waals surface area contributed by atoms with Gasteiger partial charge in [0.1, 0.15) is 5.75 Å². The Hall–Kier alpha value is -4.71. The molecule has 1 nitrogen and oxygen atoms in total. The first-order chi connectivity index (χ1) is 20.3. The predicted octanol–water partition coefficient (Wildman–Crippen LogP) is 9.09. The molecular weight excluding hydrogens is 515 g/mol. The number of ether oxygens (including phenoxy) is 1. The van der Waals surface area contributed by atoms with Crippen molar-refractivity contribution in [2.45, 2.75) is 0 Å². The van der Waals surface area contributed by atoms with Gasteiger partial charge < -0.3 is 4.74 Å². The van der Waals surface area contributed by atoms with Crippen LogP contribution in [0.4, 0.5) is 0 Å². The first-order valence-electron chi connectivity index (χ1n) is 13.9. The van der Waals surface area contributed by atoms with Crippen LogP contribution < -0.4 is 20.7 Å². The summed E-state index contributed by atoms with van der Waals surface area (Å²) in [4.78, 5) is 0. The highest BCUT2D eigenvalue weighted by atomic mass is 31.1. The van der Waals surface area contributed by atoms with Gasteiger partial charge in [0.05, 0.1) is 7.11 Å². The summed E-state index contributed by atoms with van der Waals surface area (Å²) in [5.74, 6) is 0.874. The summed E-state index contributed by atoms with van der Waals surface area (Å²) in [5, 5.41) is 8.99. The van der Waals surface area contributed by atoms with Gasteiger partial charge in [-0.15, -0.1) is 0 Å². The van der Waals surface area contributed by atoms with Crippen molar-refractivity contribution in [3.05, 3.63) is 158 Å². The van der Waals surface area contributed by atoms with Crippen LogP contribution in [0, 0.1) is 0 Å². The molecule has 0 amide bonds. The highest BCUT2D eigenvalue weighted by Crippen LogP contribution is 2.47. The minimum absolute atomic E-state index is 0.843. The fourth-order valence-electron chi connectivity index (χ4n) is 5.92. The lowest BCUT2D eigenvalue weighted by Crippen LogP contribution is -2.22. The third-order valence-corrected chi connectivity index (χ3v) is 10.2. The molecular formula is C39H29OP. The zero-order chi connectivity index (χ0) is 27.6. The van der Waals surface area contributed by atoms with Crippen molar-refractivity contribution in [1.82, 2.24) is 0 Å². The van der Waals surface area contributed by atoms with E-state index in [2.05, 4.69) is 152 Å². The van der Waals surface area contributed by atoms with E-state index < -0.39 is 7.92 Å². The summed E-state index contributed by atoms with van der Waals surface area (Å²) in [6, 6.07) is 57.1. The average molecular weight is 545 g/mol. The molecule has 2 heteroatoms. The van der Waals surface area contributed by atoms with Gasteiger partial charge in [0.15, 0.2) is 0 Å². The van der Waals surface area contributed by atoms with Crippen LogP contribution in [0.25, 0.3) is 43.8 Å². The van der Waals surface area contributed by atoms with Gasteiger partial charge in [-0.25, -0.2) is 0 Å². The van der Waals surface area contributed by atoms with E-state index in [1.165, 1.54) is 54.1 Å². The van der Waals surface area contributed by atoms with Gasteiger partial charge in [-0.2, -0.15) is 0 Å². The minimum atomic E-state index is -0.843. The number of benzene rings is 7. The third kappa shape index (κ3) is 4.59. The molecule has 0 bridgehead atoms. The number of hydrogen-bond donors (Lipinski definition) is 0. The number of fused-ring (bicyclic) bond motifs is 2. The van der Waals surface area contributed by atoms with E-state index in [1.54, 1.807) is 7.11 Å².